The molecule has 1 aliphatic heterocycles. The number of anilines is 1. The summed E-state index contributed by atoms with van der Waals surface area (Å²) in [5.74, 6) is 0.609. The van der Waals surface area contributed by atoms with Gasteiger partial charge in [-0.2, -0.15) is 13.2 Å². The van der Waals surface area contributed by atoms with Crippen LogP contribution in [0.5, 0.6) is 0 Å². The Labute approximate surface area is 110 Å². The fourth-order valence-electron chi connectivity index (χ4n) is 2.51. The molecular formula is C13H18F3N3. The Morgan fingerprint density at radius 2 is 2.05 bits per heavy atom. The van der Waals surface area contributed by atoms with Gasteiger partial charge in [-0.15, -0.1) is 0 Å². The van der Waals surface area contributed by atoms with E-state index in [0.717, 1.165) is 25.5 Å². The first-order valence-electron chi connectivity index (χ1n) is 6.44. The highest BCUT2D eigenvalue weighted by Crippen LogP contribution is 2.36. The zero-order chi connectivity index (χ0) is 13.9. The molecule has 0 aromatic carbocycles. The lowest BCUT2D eigenvalue weighted by molar-refractivity contribution is -0.137. The molecule has 106 valence electrons. The number of aromatic nitrogens is 1. The highest BCUT2D eigenvalue weighted by Gasteiger charge is 2.36. The maximum atomic E-state index is 12.9. The number of alkyl halides is 3. The zero-order valence-corrected chi connectivity index (χ0v) is 10.9. The summed E-state index contributed by atoms with van der Waals surface area (Å²) in [5, 5.41) is 3.11. The summed E-state index contributed by atoms with van der Waals surface area (Å²) in [5.41, 5.74) is -0.637. The molecule has 0 radical (unpaired) electrons. The van der Waals surface area contributed by atoms with E-state index < -0.39 is 11.7 Å². The Morgan fingerprint density at radius 1 is 1.37 bits per heavy atom. The first-order valence-corrected chi connectivity index (χ1v) is 6.44. The van der Waals surface area contributed by atoms with Crippen LogP contribution in [0.1, 0.15) is 18.4 Å². The van der Waals surface area contributed by atoms with Gasteiger partial charge in [-0.1, -0.05) is 0 Å². The quantitative estimate of drug-likeness (QED) is 0.917. The van der Waals surface area contributed by atoms with Gasteiger partial charge in [0.1, 0.15) is 5.82 Å². The van der Waals surface area contributed by atoms with Gasteiger partial charge in [0, 0.05) is 19.3 Å². The number of nitrogens with one attached hydrogen (secondary N) is 1. The van der Waals surface area contributed by atoms with Crippen LogP contribution in [0.4, 0.5) is 19.0 Å². The van der Waals surface area contributed by atoms with Crippen LogP contribution in [0.3, 0.4) is 0 Å². The number of piperidine rings is 1. The molecule has 0 amide bonds. The Hall–Kier alpha value is -1.30. The van der Waals surface area contributed by atoms with Crippen molar-refractivity contribution in [3.63, 3.8) is 0 Å². The molecule has 0 spiro atoms. The van der Waals surface area contributed by atoms with E-state index in [0.29, 0.717) is 19.0 Å². The van der Waals surface area contributed by atoms with Crippen LogP contribution in [0, 0.1) is 5.92 Å². The highest BCUT2D eigenvalue weighted by molar-refractivity contribution is 5.48. The first kappa shape index (κ1) is 14.1. The van der Waals surface area contributed by atoms with Crippen LogP contribution in [-0.2, 0) is 6.18 Å². The summed E-state index contributed by atoms with van der Waals surface area (Å²) in [7, 11) is 1.90. The maximum absolute atomic E-state index is 12.9. The van der Waals surface area contributed by atoms with Gasteiger partial charge in [0.25, 0.3) is 0 Å². The van der Waals surface area contributed by atoms with E-state index >= 15 is 0 Å². The van der Waals surface area contributed by atoms with Gasteiger partial charge >= 0.3 is 6.18 Å². The molecule has 0 bridgehead atoms. The largest absolute Gasteiger partial charge is 0.419 e. The molecule has 19 heavy (non-hydrogen) atoms. The summed E-state index contributed by atoms with van der Waals surface area (Å²) >= 11 is 0. The van der Waals surface area contributed by atoms with Crippen LogP contribution in [0.25, 0.3) is 0 Å². The lowest BCUT2D eigenvalue weighted by atomic mass is 9.96. The Bertz CT molecular complexity index is 412. The van der Waals surface area contributed by atoms with Gasteiger partial charge in [0.05, 0.1) is 5.56 Å². The van der Waals surface area contributed by atoms with Crippen LogP contribution < -0.4 is 10.2 Å². The second-order valence-electron chi connectivity index (χ2n) is 4.86. The summed E-state index contributed by atoms with van der Waals surface area (Å²) in [6, 6.07) is 2.43. The third-order valence-corrected chi connectivity index (χ3v) is 3.50. The molecule has 0 saturated carbocycles. The van der Waals surface area contributed by atoms with Gasteiger partial charge in [0.2, 0.25) is 0 Å². The maximum Gasteiger partial charge on any atom is 0.419 e. The monoisotopic (exact) mass is 273 g/mol. The fraction of sp³-hybridized carbons (Fsp3) is 0.615. The predicted octanol–water partition coefficient (Wildman–Crippen LogP) is 2.54. The fourth-order valence-corrected chi connectivity index (χ4v) is 2.51. The summed E-state index contributed by atoms with van der Waals surface area (Å²) in [4.78, 5) is 5.68. The standard InChI is InChI=1S/C13H18F3N3/c1-17-9-10-4-7-19(8-5-10)12-11(13(14,15)16)3-2-6-18-12/h2-3,6,10,17H,4-5,7-9H2,1H3. The Morgan fingerprint density at radius 3 is 2.63 bits per heavy atom. The number of hydrogen-bond donors (Lipinski definition) is 1. The highest BCUT2D eigenvalue weighted by atomic mass is 19.4. The topological polar surface area (TPSA) is 28.2 Å². The summed E-state index contributed by atoms with van der Waals surface area (Å²) in [6.07, 6.45) is -1.13. The van der Waals surface area contributed by atoms with Gasteiger partial charge in [-0.3, -0.25) is 0 Å². The summed E-state index contributed by atoms with van der Waals surface area (Å²) < 4.78 is 38.8. The molecule has 1 fully saturated rings. The molecule has 0 aliphatic carbocycles. The Kier molecular flexibility index (Phi) is 4.29. The molecule has 0 atom stereocenters. The van der Waals surface area contributed by atoms with Crippen molar-refractivity contribution in [3.8, 4) is 0 Å². The van der Waals surface area contributed by atoms with E-state index in [9.17, 15) is 13.2 Å². The first-order chi connectivity index (χ1) is 9.02. The van der Waals surface area contributed by atoms with Crippen molar-refractivity contribution >= 4 is 5.82 Å². The molecule has 1 aromatic rings. The van der Waals surface area contributed by atoms with E-state index in [1.54, 1.807) is 4.90 Å². The smallest absolute Gasteiger partial charge is 0.356 e. The molecule has 1 aliphatic rings. The van der Waals surface area contributed by atoms with E-state index in [4.69, 9.17) is 0 Å². The molecule has 3 nitrogen and oxygen atoms in total. The minimum atomic E-state index is -4.34. The molecule has 2 heterocycles. The van der Waals surface area contributed by atoms with Crippen molar-refractivity contribution < 1.29 is 13.2 Å². The van der Waals surface area contributed by atoms with Crippen molar-refractivity contribution in [3.05, 3.63) is 23.9 Å². The summed E-state index contributed by atoms with van der Waals surface area (Å²) in [6.45, 7) is 2.18. The lowest BCUT2D eigenvalue weighted by Crippen LogP contribution is -2.38. The SMILES string of the molecule is CNCC1CCN(c2ncccc2C(F)(F)F)CC1. The molecule has 0 unspecified atom stereocenters. The zero-order valence-electron chi connectivity index (χ0n) is 10.9. The van der Waals surface area contributed by atoms with Gasteiger partial charge in [-0.05, 0) is 44.5 Å². The van der Waals surface area contributed by atoms with Crippen LogP contribution in [0.15, 0.2) is 18.3 Å². The molecule has 6 heteroatoms. The molecule has 1 N–H and O–H groups in total. The van der Waals surface area contributed by atoms with E-state index in [2.05, 4.69) is 10.3 Å². The molecular weight excluding hydrogens is 255 g/mol. The van der Waals surface area contributed by atoms with Gasteiger partial charge < -0.3 is 10.2 Å². The molecule has 2 rings (SSSR count). The minimum Gasteiger partial charge on any atom is -0.356 e. The lowest BCUT2D eigenvalue weighted by Gasteiger charge is -2.33. The van der Waals surface area contributed by atoms with Crippen molar-refractivity contribution in [2.45, 2.75) is 19.0 Å². The van der Waals surface area contributed by atoms with Crippen LogP contribution in [-0.4, -0.2) is 31.7 Å². The molecule has 1 aromatic heterocycles. The van der Waals surface area contributed by atoms with Crippen LogP contribution in [0.2, 0.25) is 0 Å². The van der Waals surface area contributed by atoms with E-state index in [-0.39, 0.29) is 5.82 Å². The van der Waals surface area contributed by atoms with E-state index in [1.165, 1.54) is 12.3 Å². The van der Waals surface area contributed by atoms with E-state index in [1.807, 2.05) is 7.05 Å². The number of hydrogen-bond acceptors (Lipinski definition) is 3. The third-order valence-electron chi connectivity index (χ3n) is 3.50. The minimum absolute atomic E-state index is 0.0675. The number of rotatable bonds is 3. The van der Waals surface area contributed by atoms with Crippen molar-refractivity contribution in [2.75, 3.05) is 31.6 Å². The number of pyridine rings is 1. The van der Waals surface area contributed by atoms with Gasteiger partial charge in [0.15, 0.2) is 0 Å². The average molecular weight is 273 g/mol. The predicted molar refractivity (Wildman–Crippen MR) is 68.1 cm³/mol. The second-order valence-corrected chi connectivity index (χ2v) is 4.86. The number of nitrogens with zero attached hydrogens (tertiary/aromatic N) is 2. The van der Waals surface area contributed by atoms with Crippen LogP contribution >= 0.6 is 0 Å². The Balaban J connectivity index is 2.12. The number of halogens is 3. The normalized spacial score (nSPS) is 17.8. The van der Waals surface area contributed by atoms with Crippen molar-refractivity contribution in [2.24, 2.45) is 5.92 Å². The second kappa shape index (κ2) is 5.77. The van der Waals surface area contributed by atoms with Gasteiger partial charge in [-0.25, -0.2) is 4.98 Å². The average Bonchev–Trinajstić information content (AvgIpc) is 2.39. The van der Waals surface area contributed by atoms with Crippen molar-refractivity contribution in [1.82, 2.24) is 10.3 Å². The third kappa shape index (κ3) is 3.37. The van der Waals surface area contributed by atoms with Crippen molar-refractivity contribution in [1.29, 1.82) is 0 Å². The molecule has 1 saturated heterocycles.